The van der Waals surface area contributed by atoms with Gasteiger partial charge in [-0.15, -0.1) is 12.1 Å². The minimum absolute atomic E-state index is 0. The number of carbonyl (C=O) groups excluding carboxylic acids is 1. The fourth-order valence-electron chi connectivity index (χ4n) is 3.61. The molecule has 1 N–H and O–H groups in total. The molecule has 5 rings (SSSR count). The fraction of sp³-hybridized carbons (Fsp3) is 0.0333. The van der Waals surface area contributed by atoms with E-state index in [1.165, 1.54) is 23.9 Å². The number of benzene rings is 4. The van der Waals surface area contributed by atoms with Crippen molar-refractivity contribution in [3.63, 3.8) is 0 Å². The number of carboxylic acid groups (broad SMARTS) is 1. The van der Waals surface area contributed by atoms with Gasteiger partial charge in [-0.3, -0.25) is 9.59 Å². The van der Waals surface area contributed by atoms with E-state index in [4.69, 9.17) is 9.90 Å². The molecule has 1 aliphatic heterocycles. The third-order valence-electron chi connectivity index (χ3n) is 5.18. The molecule has 0 saturated carbocycles. The zero-order valence-electron chi connectivity index (χ0n) is 21.1. The maximum atomic E-state index is 13.5. The van der Waals surface area contributed by atoms with Gasteiger partial charge in [-0.05, 0) is 58.8 Å². The molecule has 9 heteroatoms. The van der Waals surface area contributed by atoms with Crippen LogP contribution in [0.25, 0.3) is 17.2 Å². The van der Waals surface area contributed by atoms with Crippen LogP contribution in [-0.2, 0) is 9.59 Å². The Morgan fingerprint density at radius 1 is 0.897 bits per heavy atom. The Labute approximate surface area is 251 Å². The van der Waals surface area contributed by atoms with Gasteiger partial charge >= 0.3 is 29.6 Å². The Bertz CT molecular complexity index is 1450. The summed E-state index contributed by atoms with van der Waals surface area (Å²) in [6, 6.07) is 30.7. The summed E-state index contributed by atoms with van der Waals surface area (Å²) < 4.78 is 27.1. The molecule has 4 aromatic rings. The van der Waals surface area contributed by atoms with Crippen LogP contribution >= 0.6 is 11.8 Å². The molecule has 0 saturated heterocycles. The molecule has 0 aliphatic carbocycles. The van der Waals surface area contributed by atoms with Crippen LogP contribution in [0.3, 0.4) is 0 Å². The number of halogens is 2. The van der Waals surface area contributed by atoms with E-state index in [0.29, 0.717) is 21.2 Å². The van der Waals surface area contributed by atoms with Gasteiger partial charge < -0.3 is 10.0 Å². The molecule has 0 spiro atoms. The predicted molar refractivity (Wildman–Crippen MR) is 147 cm³/mol. The molecule has 39 heavy (non-hydrogen) atoms. The minimum Gasteiger partial charge on any atom is -0.481 e. The van der Waals surface area contributed by atoms with Crippen molar-refractivity contribution in [3.8, 4) is 11.1 Å². The summed E-state index contributed by atoms with van der Waals surface area (Å²) in [5.74, 6) is -2.41. The van der Waals surface area contributed by atoms with Gasteiger partial charge in [0, 0.05) is 18.7 Å². The molecule has 0 aromatic heterocycles. The molecule has 5 nitrogen and oxygen atoms in total. The van der Waals surface area contributed by atoms with Gasteiger partial charge in [-0.2, -0.15) is 23.2 Å². The summed E-state index contributed by atoms with van der Waals surface area (Å²) in [6.45, 7) is 1.08. The van der Waals surface area contributed by atoms with E-state index in [0.717, 1.165) is 29.9 Å². The van der Waals surface area contributed by atoms with Crippen molar-refractivity contribution in [2.24, 2.45) is 4.99 Å². The number of aliphatic imine (C=N–C) groups is 1. The molecule has 1 aliphatic rings. The third-order valence-corrected chi connectivity index (χ3v) is 6.15. The number of amidine groups is 1. The monoisotopic (exact) mass is 550 g/mol. The average Bonchev–Trinajstić information content (AvgIpc) is 3.24. The van der Waals surface area contributed by atoms with Gasteiger partial charge in [0.15, 0.2) is 5.17 Å². The van der Waals surface area contributed by atoms with Crippen LogP contribution in [0, 0.1) is 17.7 Å². The number of hydrogen-bond donors (Lipinski definition) is 1. The largest absolute Gasteiger partial charge is 1.00 e. The molecule has 190 valence electrons. The number of carboxylic acids is 1. The van der Waals surface area contributed by atoms with Crippen molar-refractivity contribution in [3.05, 3.63) is 125 Å². The number of anilines is 2. The quantitative estimate of drug-likeness (QED) is 0.233. The molecule has 0 unspecified atom stereocenters. The second-order valence-electron chi connectivity index (χ2n) is 8.04. The molecular weight excluding hydrogens is 529 g/mol. The minimum atomic E-state index is -0.833. The van der Waals surface area contributed by atoms with Crippen LogP contribution in [0.15, 0.2) is 107 Å². The summed E-state index contributed by atoms with van der Waals surface area (Å²) in [5.41, 5.74) is 3.68. The van der Waals surface area contributed by atoms with Crippen molar-refractivity contribution in [2.75, 3.05) is 4.90 Å². The van der Waals surface area contributed by atoms with E-state index in [1.54, 1.807) is 30.3 Å². The summed E-state index contributed by atoms with van der Waals surface area (Å²) in [4.78, 5) is 28.5. The zero-order chi connectivity index (χ0) is 27.1. The van der Waals surface area contributed by atoms with Crippen molar-refractivity contribution >= 4 is 46.3 Å². The fourth-order valence-corrected chi connectivity index (χ4v) is 4.57. The van der Waals surface area contributed by atoms with Gasteiger partial charge in [0.2, 0.25) is 0 Å². The molecule has 4 aromatic carbocycles. The molecule has 1 amide bonds. The summed E-state index contributed by atoms with van der Waals surface area (Å²) >= 11 is 1.29. The number of nitrogens with zero attached hydrogens (tertiary/aromatic N) is 2. The summed E-state index contributed by atoms with van der Waals surface area (Å²) in [5, 5.41) is 7.97. The van der Waals surface area contributed by atoms with E-state index < -0.39 is 17.6 Å². The predicted octanol–water partition coefficient (Wildman–Crippen LogP) is 4.34. The second kappa shape index (κ2) is 14.0. The standard InChI is InChI=1S/C28H17F2N2OS.C2H4O2.Na/c29-22-16-21(17-23(30)18-22)20-13-11-19(12-14-20)15-26-27(33)31-28(34-26)32(24-7-3-1-4-8-24)25-9-5-2-6-10-25;1-2(3)4;/h1,3-18H;1H3,(H,3,4);/q-1;;+1/b26-15+;;. The van der Waals surface area contributed by atoms with Crippen LogP contribution in [0.4, 0.5) is 20.2 Å². The van der Waals surface area contributed by atoms with Gasteiger partial charge in [0.25, 0.3) is 11.9 Å². The summed E-state index contributed by atoms with van der Waals surface area (Å²) in [6.07, 6.45) is 1.77. The normalized spacial score (nSPS) is 13.2. The maximum absolute atomic E-state index is 13.5. The molecule has 0 radical (unpaired) electrons. The third kappa shape index (κ3) is 8.21. The number of rotatable bonds is 4. The topological polar surface area (TPSA) is 70.0 Å². The van der Waals surface area contributed by atoms with Crippen LogP contribution in [0.2, 0.25) is 0 Å². The number of thioether (sulfide) groups is 1. The van der Waals surface area contributed by atoms with E-state index in [-0.39, 0.29) is 35.5 Å². The van der Waals surface area contributed by atoms with E-state index in [2.05, 4.69) is 11.1 Å². The first-order valence-corrected chi connectivity index (χ1v) is 12.2. The number of para-hydroxylation sites is 1. The Morgan fingerprint density at radius 2 is 1.46 bits per heavy atom. The van der Waals surface area contributed by atoms with Crippen LogP contribution in [-0.4, -0.2) is 22.2 Å². The van der Waals surface area contributed by atoms with E-state index >= 15 is 0 Å². The average molecular weight is 551 g/mol. The molecule has 0 bridgehead atoms. The maximum Gasteiger partial charge on any atom is 1.00 e. The smallest absolute Gasteiger partial charge is 0.481 e. The SMILES string of the molecule is CC(=O)O.O=C1N=C(N(c2cc[c-]cc2)c2ccccc2)S/C1=C/c1ccc(-c2cc(F)cc(F)c2)cc1.[Na+]. The Hall–Kier alpha value is -3.56. The molecule has 0 atom stereocenters. The van der Waals surface area contributed by atoms with Crippen molar-refractivity contribution in [1.29, 1.82) is 0 Å². The molecule has 0 fully saturated rings. The van der Waals surface area contributed by atoms with Crippen molar-refractivity contribution in [1.82, 2.24) is 0 Å². The first-order valence-electron chi connectivity index (χ1n) is 11.4. The number of amides is 1. The first kappa shape index (κ1) is 30.0. The molecule has 1 heterocycles. The molecular formula is C30H21F2N2NaO3S. The number of carbonyl (C=O) groups is 2. The number of hydrogen-bond acceptors (Lipinski definition) is 4. The van der Waals surface area contributed by atoms with Crippen LogP contribution < -0.4 is 34.5 Å². The second-order valence-corrected chi connectivity index (χ2v) is 9.05. The van der Waals surface area contributed by atoms with Crippen LogP contribution in [0.1, 0.15) is 12.5 Å². The van der Waals surface area contributed by atoms with Crippen LogP contribution in [0.5, 0.6) is 0 Å². The van der Waals surface area contributed by atoms with Gasteiger partial charge in [-0.1, -0.05) is 48.2 Å². The van der Waals surface area contributed by atoms with Crippen molar-refractivity contribution < 1.29 is 53.0 Å². The van der Waals surface area contributed by atoms with E-state index in [1.807, 2.05) is 59.5 Å². The van der Waals surface area contributed by atoms with Crippen molar-refractivity contribution in [2.45, 2.75) is 6.92 Å². The Morgan fingerprint density at radius 3 is 2.05 bits per heavy atom. The number of aliphatic carboxylic acids is 1. The van der Waals surface area contributed by atoms with Gasteiger partial charge in [0.05, 0.1) is 4.91 Å². The summed E-state index contributed by atoms with van der Waals surface area (Å²) in [7, 11) is 0. The van der Waals surface area contributed by atoms with Gasteiger partial charge in [-0.25, -0.2) is 8.78 Å². The Balaban J connectivity index is 0.000000788. The van der Waals surface area contributed by atoms with Gasteiger partial charge in [0.1, 0.15) is 11.6 Å². The first-order chi connectivity index (χ1) is 18.3. The van der Waals surface area contributed by atoms with E-state index in [9.17, 15) is 13.6 Å². The zero-order valence-corrected chi connectivity index (χ0v) is 24.0. The Kier molecular flexibility index (Phi) is 10.8.